The van der Waals surface area contributed by atoms with Crippen molar-refractivity contribution in [3.8, 4) is 0 Å². The van der Waals surface area contributed by atoms with E-state index in [1.807, 2.05) is 42.5 Å². The summed E-state index contributed by atoms with van der Waals surface area (Å²) in [5, 5.41) is 2.83. The first kappa shape index (κ1) is 21.7. The van der Waals surface area contributed by atoms with E-state index < -0.39 is 23.6 Å². The zero-order valence-corrected chi connectivity index (χ0v) is 16.8. The maximum Gasteiger partial charge on any atom is 0.307 e. The van der Waals surface area contributed by atoms with Crippen LogP contribution in [0.15, 0.2) is 42.5 Å². The SMILES string of the molecule is CC(C)(C)OC(=O)CC1C/C=C/CCC(=O)OC(c2ccccc2)CNC1=O. The number of rotatable bonds is 3. The van der Waals surface area contributed by atoms with Gasteiger partial charge in [-0.1, -0.05) is 42.5 Å². The van der Waals surface area contributed by atoms with E-state index >= 15 is 0 Å². The fourth-order valence-electron chi connectivity index (χ4n) is 2.90. The van der Waals surface area contributed by atoms with Crippen LogP contribution >= 0.6 is 0 Å². The predicted molar refractivity (Wildman–Crippen MR) is 105 cm³/mol. The molecule has 1 aromatic carbocycles. The van der Waals surface area contributed by atoms with Crippen LogP contribution in [0.4, 0.5) is 0 Å². The van der Waals surface area contributed by atoms with Crippen LogP contribution in [0.1, 0.15) is 58.1 Å². The number of allylic oxidation sites excluding steroid dienone is 2. The number of carbonyl (C=O) groups is 3. The highest BCUT2D eigenvalue weighted by Gasteiger charge is 2.26. The first-order chi connectivity index (χ1) is 13.2. The standard InChI is InChI=1S/C22H29NO5/c1-22(2,3)28-20(25)14-17-12-8-5-9-13-19(24)27-18(15-23-21(17)26)16-10-6-4-7-11-16/h4-8,10-11,17-18H,9,12-15H2,1-3H3,(H,23,26)/b8-5+. The van der Waals surface area contributed by atoms with Crippen LogP contribution < -0.4 is 5.32 Å². The van der Waals surface area contributed by atoms with Crippen molar-refractivity contribution in [1.29, 1.82) is 0 Å². The molecule has 2 rings (SSSR count). The van der Waals surface area contributed by atoms with Crippen LogP contribution in [-0.2, 0) is 23.9 Å². The number of amides is 1. The maximum atomic E-state index is 12.7. The number of ether oxygens (including phenoxy) is 2. The van der Waals surface area contributed by atoms with Gasteiger partial charge in [0.05, 0.1) is 18.9 Å². The van der Waals surface area contributed by atoms with Gasteiger partial charge in [-0.05, 0) is 39.2 Å². The summed E-state index contributed by atoms with van der Waals surface area (Å²) in [5.41, 5.74) is 0.217. The summed E-state index contributed by atoms with van der Waals surface area (Å²) in [5.74, 6) is -1.50. The van der Waals surface area contributed by atoms with E-state index in [0.717, 1.165) is 5.56 Å². The quantitative estimate of drug-likeness (QED) is 0.634. The van der Waals surface area contributed by atoms with E-state index in [-0.39, 0.29) is 31.3 Å². The number of benzene rings is 1. The molecular formula is C22H29NO5. The lowest BCUT2D eigenvalue weighted by molar-refractivity contribution is -0.157. The van der Waals surface area contributed by atoms with E-state index in [1.165, 1.54) is 0 Å². The summed E-state index contributed by atoms with van der Waals surface area (Å²) in [6, 6.07) is 9.30. The van der Waals surface area contributed by atoms with Crippen molar-refractivity contribution in [3.05, 3.63) is 48.0 Å². The van der Waals surface area contributed by atoms with Gasteiger partial charge in [0.1, 0.15) is 11.7 Å². The topological polar surface area (TPSA) is 81.7 Å². The third kappa shape index (κ3) is 7.55. The summed E-state index contributed by atoms with van der Waals surface area (Å²) >= 11 is 0. The average molecular weight is 387 g/mol. The molecule has 0 aromatic heterocycles. The molecule has 2 atom stereocenters. The smallest absolute Gasteiger partial charge is 0.307 e. The Balaban J connectivity index is 2.11. The van der Waals surface area contributed by atoms with Crippen LogP contribution in [-0.4, -0.2) is 30.0 Å². The van der Waals surface area contributed by atoms with Crippen LogP contribution in [0.2, 0.25) is 0 Å². The van der Waals surface area contributed by atoms with Gasteiger partial charge in [0, 0.05) is 6.42 Å². The molecule has 2 unspecified atom stereocenters. The highest BCUT2D eigenvalue weighted by Crippen LogP contribution is 2.20. The number of cyclic esters (lactones) is 1. The fourth-order valence-corrected chi connectivity index (χ4v) is 2.90. The molecule has 0 aliphatic carbocycles. The van der Waals surface area contributed by atoms with Crippen molar-refractivity contribution in [3.63, 3.8) is 0 Å². The number of hydrogen-bond acceptors (Lipinski definition) is 5. The second kappa shape index (κ2) is 10.1. The molecule has 0 fully saturated rings. The Kier molecular flexibility index (Phi) is 7.79. The lowest BCUT2D eigenvalue weighted by Gasteiger charge is -2.23. The molecule has 6 heteroatoms. The van der Waals surface area contributed by atoms with Crippen molar-refractivity contribution < 1.29 is 23.9 Å². The van der Waals surface area contributed by atoms with E-state index in [0.29, 0.717) is 12.8 Å². The number of nitrogens with one attached hydrogen (secondary N) is 1. The minimum atomic E-state index is -0.596. The van der Waals surface area contributed by atoms with Crippen molar-refractivity contribution in [1.82, 2.24) is 5.32 Å². The number of carbonyl (C=O) groups excluding carboxylic acids is 3. The minimum absolute atomic E-state index is 0.00321. The van der Waals surface area contributed by atoms with Gasteiger partial charge in [-0.3, -0.25) is 14.4 Å². The van der Waals surface area contributed by atoms with Gasteiger partial charge in [0.25, 0.3) is 0 Å². The summed E-state index contributed by atoms with van der Waals surface area (Å²) < 4.78 is 10.9. The monoisotopic (exact) mass is 387 g/mol. The molecule has 1 aromatic rings. The first-order valence-electron chi connectivity index (χ1n) is 9.63. The van der Waals surface area contributed by atoms with Gasteiger partial charge in [-0.2, -0.15) is 0 Å². The molecule has 6 nitrogen and oxygen atoms in total. The molecule has 0 saturated carbocycles. The normalized spacial score (nSPS) is 22.8. The van der Waals surface area contributed by atoms with Crippen LogP contribution in [0.5, 0.6) is 0 Å². The zero-order valence-electron chi connectivity index (χ0n) is 16.8. The Morgan fingerprint density at radius 3 is 2.57 bits per heavy atom. The van der Waals surface area contributed by atoms with E-state index in [2.05, 4.69) is 5.32 Å². The molecule has 152 valence electrons. The molecule has 1 aliphatic heterocycles. The van der Waals surface area contributed by atoms with Gasteiger partial charge in [0.2, 0.25) is 5.91 Å². The van der Waals surface area contributed by atoms with Gasteiger partial charge >= 0.3 is 11.9 Å². The van der Waals surface area contributed by atoms with E-state index in [1.54, 1.807) is 20.8 Å². The molecule has 1 N–H and O–H groups in total. The largest absolute Gasteiger partial charge is 0.460 e. The predicted octanol–water partition coefficient (Wildman–Crippen LogP) is 3.48. The number of hydrogen-bond donors (Lipinski definition) is 1. The molecule has 0 spiro atoms. The highest BCUT2D eigenvalue weighted by molar-refractivity contribution is 5.84. The molecule has 1 heterocycles. The van der Waals surface area contributed by atoms with Crippen LogP contribution in [0.25, 0.3) is 0 Å². The van der Waals surface area contributed by atoms with Crippen molar-refractivity contribution in [2.75, 3.05) is 6.54 Å². The second-order valence-corrected chi connectivity index (χ2v) is 7.87. The van der Waals surface area contributed by atoms with Gasteiger partial charge < -0.3 is 14.8 Å². The lowest BCUT2D eigenvalue weighted by Crippen LogP contribution is -2.37. The average Bonchev–Trinajstić information content (AvgIpc) is 2.62. The van der Waals surface area contributed by atoms with Crippen molar-refractivity contribution in [2.24, 2.45) is 5.92 Å². The van der Waals surface area contributed by atoms with Gasteiger partial charge in [-0.15, -0.1) is 0 Å². The van der Waals surface area contributed by atoms with Gasteiger partial charge in [0.15, 0.2) is 0 Å². The summed E-state index contributed by atoms with van der Waals surface area (Å²) in [7, 11) is 0. The fraction of sp³-hybridized carbons (Fsp3) is 0.500. The van der Waals surface area contributed by atoms with Crippen molar-refractivity contribution >= 4 is 17.8 Å². The molecule has 1 amide bonds. The molecule has 0 bridgehead atoms. The lowest BCUT2D eigenvalue weighted by atomic mass is 9.99. The van der Waals surface area contributed by atoms with E-state index in [4.69, 9.17) is 9.47 Å². The maximum absolute atomic E-state index is 12.7. The Labute approximate surface area is 166 Å². The van der Waals surface area contributed by atoms with Gasteiger partial charge in [-0.25, -0.2) is 0 Å². The molecule has 0 radical (unpaired) electrons. The Morgan fingerprint density at radius 1 is 1.18 bits per heavy atom. The zero-order chi connectivity index (χ0) is 20.6. The summed E-state index contributed by atoms with van der Waals surface area (Å²) in [6.07, 6.45) is 4.32. The third-order valence-corrected chi connectivity index (χ3v) is 4.21. The summed E-state index contributed by atoms with van der Waals surface area (Å²) in [4.78, 5) is 37.0. The molecule has 0 saturated heterocycles. The highest BCUT2D eigenvalue weighted by atomic mass is 16.6. The molecule has 28 heavy (non-hydrogen) atoms. The second-order valence-electron chi connectivity index (χ2n) is 7.87. The van der Waals surface area contributed by atoms with E-state index in [9.17, 15) is 14.4 Å². The Hall–Kier alpha value is -2.63. The van der Waals surface area contributed by atoms with Crippen molar-refractivity contribution in [2.45, 2.75) is 58.2 Å². The summed E-state index contributed by atoms with van der Waals surface area (Å²) in [6.45, 7) is 5.54. The first-order valence-corrected chi connectivity index (χ1v) is 9.63. The van der Waals surface area contributed by atoms with Crippen LogP contribution in [0, 0.1) is 5.92 Å². The number of esters is 2. The molecule has 1 aliphatic rings. The molecular weight excluding hydrogens is 358 g/mol. The third-order valence-electron chi connectivity index (χ3n) is 4.21. The van der Waals surface area contributed by atoms with Crippen LogP contribution in [0.3, 0.4) is 0 Å². The Morgan fingerprint density at radius 2 is 1.89 bits per heavy atom. The minimum Gasteiger partial charge on any atom is -0.460 e. The Bertz CT molecular complexity index is 705.